The van der Waals surface area contributed by atoms with Crippen molar-refractivity contribution in [1.82, 2.24) is 5.32 Å². The zero-order valence-corrected chi connectivity index (χ0v) is 11.8. The van der Waals surface area contributed by atoms with E-state index in [2.05, 4.69) is 51.2 Å². The van der Waals surface area contributed by atoms with Crippen LogP contribution in [0.1, 0.15) is 49.8 Å². The monoisotopic (exact) mass is 233 g/mol. The lowest BCUT2D eigenvalue weighted by molar-refractivity contribution is 0.472. The van der Waals surface area contributed by atoms with E-state index in [1.54, 1.807) is 0 Å². The highest BCUT2D eigenvalue weighted by molar-refractivity contribution is 5.34. The molecule has 0 radical (unpaired) electrons. The topological polar surface area (TPSA) is 12.0 Å². The third-order valence-corrected chi connectivity index (χ3v) is 3.49. The van der Waals surface area contributed by atoms with E-state index >= 15 is 0 Å². The van der Waals surface area contributed by atoms with E-state index in [1.165, 1.54) is 42.4 Å². The zero-order valence-electron chi connectivity index (χ0n) is 11.8. The number of benzene rings is 1. The molecule has 0 saturated heterocycles. The minimum Gasteiger partial charge on any atom is -0.314 e. The Morgan fingerprint density at radius 1 is 1.12 bits per heavy atom. The fourth-order valence-corrected chi connectivity index (χ4v) is 2.43. The Labute approximate surface area is 107 Å². The van der Waals surface area contributed by atoms with Crippen molar-refractivity contribution in [1.29, 1.82) is 0 Å². The van der Waals surface area contributed by atoms with Gasteiger partial charge < -0.3 is 5.32 Å². The van der Waals surface area contributed by atoms with Gasteiger partial charge in [0.25, 0.3) is 0 Å². The fourth-order valence-electron chi connectivity index (χ4n) is 2.43. The Balaban J connectivity index is 2.70. The van der Waals surface area contributed by atoms with Crippen molar-refractivity contribution >= 4 is 0 Å². The SMILES string of the molecule is CCCCC(Cc1c(C)cccc1C)NCC. The molecule has 1 atom stereocenters. The maximum atomic E-state index is 3.62. The van der Waals surface area contributed by atoms with Gasteiger partial charge in [-0.05, 0) is 49.9 Å². The molecule has 1 heteroatoms. The molecule has 96 valence electrons. The number of hydrogen-bond donors (Lipinski definition) is 1. The Hall–Kier alpha value is -0.820. The smallest absolute Gasteiger partial charge is 0.0108 e. The summed E-state index contributed by atoms with van der Waals surface area (Å²) in [6, 6.07) is 7.25. The Bertz CT molecular complexity index is 310. The molecule has 0 aliphatic carbocycles. The molecule has 0 aromatic heterocycles. The Morgan fingerprint density at radius 3 is 2.29 bits per heavy atom. The van der Waals surface area contributed by atoms with Gasteiger partial charge in [0.15, 0.2) is 0 Å². The number of aryl methyl sites for hydroxylation is 2. The molecule has 0 saturated carbocycles. The Kier molecular flexibility index (Phi) is 6.28. The number of rotatable bonds is 7. The molecule has 1 aromatic carbocycles. The van der Waals surface area contributed by atoms with Crippen LogP contribution in [-0.2, 0) is 6.42 Å². The molecule has 0 fully saturated rings. The summed E-state index contributed by atoms with van der Waals surface area (Å²) in [6.07, 6.45) is 5.07. The minimum absolute atomic E-state index is 0.639. The van der Waals surface area contributed by atoms with Crippen LogP contribution in [0, 0.1) is 13.8 Å². The standard InChI is InChI=1S/C16H27N/c1-5-7-11-15(17-6-2)12-16-13(3)9-8-10-14(16)4/h8-10,15,17H,5-7,11-12H2,1-4H3. The summed E-state index contributed by atoms with van der Waals surface area (Å²) in [7, 11) is 0. The maximum Gasteiger partial charge on any atom is 0.0108 e. The van der Waals surface area contributed by atoms with Gasteiger partial charge in [-0.1, -0.05) is 44.9 Å². The van der Waals surface area contributed by atoms with Gasteiger partial charge in [0.2, 0.25) is 0 Å². The van der Waals surface area contributed by atoms with E-state index < -0.39 is 0 Å². The van der Waals surface area contributed by atoms with Crippen LogP contribution in [-0.4, -0.2) is 12.6 Å². The van der Waals surface area contributed by atoms with Gasteiger partial charge in [-0.2, -0.15) is 0 Å². The molecule has 1 nitrogen and oxygen atoms in total. The molecule has 1 N–H and O–H groups in total. The minimum atomic E-state index is 0.639. The first-order valence-corrected chi connectivity index (χ1v) is 6.97. The van der Waals surface area contributed by atoms with E-state index in [0.717, 1.165) is 6.54 Å². The van der Waals surface area contributed by atoms with E-state index in [4.69, 9.17) is 0 Å². The van der Waals surface area contributed by atoms with Gasteiger partial charge in [0.1, 0.15) is 0 Å². The third-order valence-electron chi connectivity index (χ3n) is 3.49. The molecule has 0 aliphatic heterocycles. The predicted molar refractivity (Wildman–Crippen MR) is 76.6 cm³/mol. The van der Waals surface area contributed by atoms with Crippen molar-refractivity contribution in [2.45, 2.75) is 59.4 Å². The van der Waals surface area contributed by atoms with E-state index in [-0.39, 0.29) is 0 Å². The van der Waals surface area contributed by atoms with Crippen molar-refractivity contribution in [2.75, 3.05) is 6.54 Å². The van der Waals surface area contributed by atoms with Gasteiger partial charge >= 0.3 is 0 Å². The summed E-state index contributed by atoms with van der Waals surface area (Å²) in [5.41, 5.74) is 4.41. The second kappa shape index (κ2) is 7.50. The normalized spacial score (nSPS) is 12.7. The van der Waals surface area contributed by atoms with Crippen LogP contribution in [0.4, 0.5) is 0 Å². The average Bonchev–Trinajstić information content (AvgIpc) is 2.31. The molecule has 17 heavy (non-hydrogen) atoms. The molecule has 0 bridgehead atoms. The van der Waals surface area contributed by atoms with Crippen molar-refractivity contribution < 1.29 is 0 Å². The maximum absolute atomic E-state index is 3.62. The second-order valence-corrected chi connectivity index (χ2v) is 4.97. The lowest BCUT2D eigenvalue weighted by Crippen LogP contribution is -2.31. The fraction of sp³-hybridized carbons (Fsp3) is 0.625. The van der Waals surface area contributed by atoms with Gasteiger partial charge in [0.05, 0.1) is 0 Å². The summed E-state index contributed by atoms with van der Waals surface area (Å²) in [4.78, 5) is 0. The van der Waals surface area contributed by atoms with Gasteiger partial charge in [-0.25, -0.2) is 0 Å². The van der Waals surface area contributed by atoms with Crippen LogP contribution in [0.2, 0.25) is 0 Å². The van der Waals surface area contributed by atoms with Crippen LogP contribution < -0.4 is 5.32 Å². The first kappa shape index (κ1) is 14.2. The summed E-state index contributed by atoms with van der Waals surface area (Å²) in [6.45, 7) is 9.99. The zero-order chi connectivity index (χ0) is 12.7. The molecule has 1 rings (SSSR count). The largest absolute Gasteiger partial charge is 0.314 e. The first-order valence-electron chi connectivity index (χ1n) is 6.97. The second-order valence-electron chi connectivity index (χ2n) is 4.97. The van der Waals surface area contributed by atoms with Gasteiger partial charge in [-0.15, -0.1) is 0 Å². The molecular formula is C16H27N. The highest BCUT2D eigenvalue weighted by Gasteiger charge is 2.11. The molecule has 0 aliphatic rings. The van der Waals surface area contributed by atoms with E-state index in [1.807, 2.05) is 0 Å². The van der Waals surface area contributed by atoms with Crippen LogP contribution in [0.15, 0.2) is 18.2 Å². The van der Waals surface area contributed by atoms with Crippen molar-refractivity contribution in [2.24, 2.45) is 0 Å². The highest BCUT2D eigenvalue weighted by atomic mass is 14.9. The third kappa shape index (κ3) is 4.51. The van der Waals surface area contributed by atoms with Crippen molar-refractivity contribution in [3.63, 3.8) is 0 Å². The quantitative estimate of drug-likeness (QED) is 0.750. The van der Waals surface area contributed by atoms with Crippen LogP contribution in [0.25, 0.3) is 0 Å². The molecule has 0 heterocycles. The van der Waals surface area contributed by atoms with E-state index in [9.17, 15) is 0 Å². The average molecular weight is 233 g/mol. The van der Waals surface area contributed by atoms with Gasteiger partial charge in [0, 0.05) is 6.04 Å². The number of hydrogen-bond acceptors (Lipinski definition) is 1. The number of unbranched alkanes of at least 4 members (excludes halogenated alkanes) is 1. The molecular weight excluding hydrogens is 206 g/mol. The van der Waals surface area contributed by atoms with Crippen LogP contribution >= 0.6 is 0 Å². The lowest BCUT2D eigenvalue weighted by atomic mass is 9.94. The van der Waals surface area contributed by atoms with Crippen molar-refractivity contribution in [3.05, 3.63) is 34.9 Å². The summed E-state index contributed by atoms with van der Waals surface area (Å²) in [5.74, 6) is 0. The summed E-state index contributed by atoms with van der Waals surface area (Å²) < 4.78 is 0. The molecule has 0 spiro atoms. The van der Waals surface area contributed by atoms with E-state index in [0.29, 0.717) is 6.04 Å². The highest BCUT2D eigenvalue weighted by Crippen LogP contribution is 2.17. The predicted octanol–water partition coefficient (Wildman–Crippen LogP) is 4.01. The van der Waals surface area contributed by atoms with Crippen molar-refractivity contribution in [3.8, 4) is 0 Å². The molecule has 1 unspecified atom stereocenters. The Morgan fingerprint density at radius 2 is 1.76 bits per heavy atom. The van der Waals surface area contributed by atoms with Gasteiger partial charge in [-0.3, -0.25) is 0 Å². The summed E-state index contributed by atoms with van der Waals surface area (Å²) >= 11 is 0. The van der Waals surface area contributed by atoms with Crippen LogP contribution in [0.5, 0.6) is 0 Å². The number of likely N-dealkylation sites (N-methyl/N-ethyl adjacent to an activating group) is 1. The molecule has 0 amide bonds. The summed E-state index contributed by atoms with van der Waals surface area (Å²) in [5, 5.41) is 3.62. The van der Waals surface area contributed by atoms with Crippen LogP contribution in [0.3, 0.4) is 0 Å². The lowest BCUT2D eigenvalue weighted by Gasteiger charge is -2.20. The number of nitrogens with one attached hydrogen (secondary N) is 1. The molecule has 1 aromatic rings. The first-order chi connectivity index (χ1) is 8.19.